The smallest absolute Gasteiger partial charge is 0.229 e. The maximum atomic E-state index is 12.4. The van der Waals surface area contributed by atoms with Crippen LogP contribution in [0.1, 0.15) is 22.5 Å². The molecule has 4 rings (SSSR count). The molecule has 1 amide bonds. The van der Waals surface area contributed by atoms with E-state index in [2.05, 4.69) is 15.3 Å². The predicted octanol–water partition coefficient (Wildman–Crippen LogP) is 4.09. The van der Waals surface area contributed by atoms with Gasteiger partial charge in [-0.25, -0.2) is 9.97 Å². The van der Waals surface area contributed by atoms with Gasteiger partial charge < -0.3 is 10.4 Å². The molecule has 0 atom stereocenters. The Morgan fingerprint density at radius 3 is 2.70 bits per heavy atom. The third kappa shape index (κ3) is 3.64. The number of phenols is 1. The maximum absolute atomic E-state index is 12.4. The average Bonchev–Trinajstić information content (AvgIpc) is 2.64. The van der Waals surface area contributed by atoms with Crippen molar-refractivity contribution in [3.63, 3.8) is 0 Å². The van der Waals surface area contributed by atoms with Crippen molar-refractivity contribution >= 4 is 23.3 Å². The Kier molecular flexibility index (Phi) is 4.54. The van der Waals surface area contributed by atoms with E-state index in [1.54, 1.807) is 24.3 Å². The number of fused-ring (bicyclic) bond motifs is 3. The van der Waals surface area contributed by atoms with Crippen LogP contribution in [0.25, 0.3) is 11.3 Å². The van der Waals surface area contributed by atoms with Crippen molar-refractivity contribution in [3.05, 3.63) is 70.0 Å². The average molecular weight is 380 g/mol. The summed E-state index contributed by atoms with van der Waals surface area (Å²) in [5, 5.41) is 13.2. The second kappa shape index (κ2) is 7.00. The molecule has 1 aliphatic rings. The Morgan fingerprint density at radius 1 is 1.15 bits per heavy atom. The van der Waals surface area contributed by atoms with E-state index in [1.165, 1.54) is 0 Å². The number of nitrogens with zero attached hydrogens (tertiary/aromatic N) is 2. The first-order chi connectivity index (χ1) is 13.0. The number of anilines is 1. The van der Waals surface area contributed by atoms with Gasteiger partial charge in [-0.15, -0.1) is 0 Å². The molecule has 0 saturated heterocycles. The summed E-state index contributed by atoms with van der Waals surface area (Å²) in [5.41, 5.74) is 5.29. The zero-order valence-electron chi connectivity index (χ0n) is 14.8. The zero-order chi connectivity index (χ0) is 19.0. The molecule has 0 aliphatic heterocycles. The minimum atomic E-state index is -0.143. The van der Waals surface area contributed by atoms with Crippen molar-refractivity contribution in [2.45, 2.75) is 26.2 Å². The number of aromatic nitrogens is 2. The molecule has 1 aliphatic carbocycles. The van der Waals surface area contributed by atoms with Crippen LogP contribution < -0.4 is 5.32 Å². The molecule has 0 saturated carbocycles. The minimum Gasteiger partial charge on any atom is -0.508 e. The Morgan fingerprint density at radius 2 is 1.93 bits per heavy atom. The van der Waals surface area contributed by atoms with Crippen LogP contribution in [-0.4, -0.2) is 21.0 Å². The van der Waals surface area contributed by atoms with Gasteiger partial charge in [-0.3, -0.25) is 4.79 Å². The minimum absolute atomic E-state index is 0.143. The normalized spacial score (nSPS) is 12.2. The lowest BCUT2D eigenvalue weighted by Crippen LogP contribution is -2.19. The molecular formula is C21H18ClN3O2. The highest BCUT2D eigenvalue weighted by molar-refractivity contribution is 6.30. The summed E-state index contributed by atoms with van der Waals surface area (Å²) in [5.74, 6) is 0.610. The molecular weight excluding hydrogens is 362 g/mol. The van der Waals surface area contributed by atoms with Crippen LogP contribution in [0, 0.1) is 6.92 Å². The lowest BCUT2D eigenvalue weighted by atomic mass is 9.91. The van der Waals surface area contributed by atoms with Crippen molar-refractivity contribution in [3.8, 4) is 17.0 Å². The van der Waals surface area contributed by atoms with E-state index in [-0.39, 0.29) is 18.1 Å². The number of rotatable bonds is 3. The summed E-state index contributed by atoms with van der Waals surface area (Å²) in [7, 11) is 0. The van der Waals surface area contributed by atoms with E-state index in [1.807, 2.05) is 25.1 Å². The van der Waals surface area contributed by atoms with Crippen LogP contribution in [0.3, 0.4) is 0 Å². The summed E-state index contributed by atoms with van der Waals surface area (Å²) in [4.78, 5) is 21.7. The summed E-state index contributed by atoms with van der Waals surface area (Å²) in [6, 6.07) is 12.5. The van der Waals surface area contributed by atoms with Gasteiger partial charge in [-0.2, -0.15) is 0 Å². The molecule has 0 radical (unpaired) electrons. The number of hydrogen-bond acceptors (Lipinski definition) is 4. The number of nitrogens with one attached hydrogen (secondary N) is 1. The molecule has 0 spiro atoms. The van der Waals surface area contributed by atoms with E-state index in [0.29, 0.717) is 16.5 Å². The van der Waals surface area contributed by atoms with Crippen LogP contribution >= 0.6 is 11.6 Å². The van der Waals surface area contributed by atoms with Crippen molar-refractivity contribution in [1.82, 2.24) is 9.97 Å². The van der Waals surface area contributed by atoms with Gasteiger partial charge in [0.1, 0.15) is 5.75 Å². The van der Waals surface area contributed by atoms with Crippen LogP contribution in [0.2, 0.25) is 5.02 Å². The molecule has 136 valence electrons. The number of carbonyl (C=O) groups is 1. The van der Waals surface area contributed by atoms with Crippen molar-refractivity contribution < 1.29 is 9.90 Å². The fourth-order valence-electron chi connectivity index (χ4n) is 3.30. The molecule has 0 fully saturated rings. The molecule has 0 bridgehead atoms. The topological polar surface area (TPSA) is 75.1 Å². The lowest BCUT2D eigenvalue weighted by molar-refractivity contribution is -0.115. The second-order valence-corrected chi connectivity index (χ2v) is 7.08. The number of hydrogen-bond donors (Lipinski definition) is 2. The molecule has 2 N–H and O–H groups in total. The van der Waals surface area contributed by atoms with Crippen LogP contribution in [-0.2, 0) is 24.1 Å². The molecule has 3 aromatic rings. The standard InChI is InChI=1S/C21H18ClN3O2/c1-12-21(25-19(27)10-13-2-5-15(22)6-3-13)24-18-9-4-14-11-16(26)7-8-17(14)20(18)23-12/h2-3,5-8,11,26H,4,9-10H2,1H3,(H,24,25,27). The third-order valence-corrected chi connectivity index (χ3v) is 4.91. The highest BCUT2D eigenvalue weighted by Gasteiger charge is 2.21. The van der Waals surface area contributed by atoms with Gasteiger partial charge in [0.05, 0.1) is 23.5 Å². The van der Waals surface area contributed by atoms with Gasteiger partial charge in [0.25, 0.3) is 0 Å². The van der Waals surface area contributed by atoms with Crippen LogP contribution in [0.15, 0.2) is 42.5 Å². The van der Waals surface area contributed by atoms with Gasteiger partial charge in [0.15, 0.2) is 5.82 Å². The zero-order valence-corrected chi connectivity index (χ0v) is 15.5. The number of benzene rings is 2. The lowest BCUT2D eigenvalue weighted by Gasteiger charge is -2.20. The highest BCUT2D eigenvalue weighted by Crippen LogP contribution is 2.34. The van der Waals surface area contributed by atoms with E-state index in [0.717, 1.165) is 40.9 Å². The Labute approximate surface area is 162 Å². The van der Waals surface area contributed by atoms with Gasteiger partial charge in [-0.05, 0) is 61.2 Å². The first-order valence-electron chi connectivity index (χ1n) is 8.73. The van der Waals surface area contributed by atoms with E-state index in [9.17, 15) is 9.90 Å². The Balaban J connectivity index is 1.57. The monoisotopic (exact) mass is 379 g/mol. The molecule has 2 aromatic carbocycles. The number of amides is 1. The van der Waals surface area contributed by atoms with E-state index in [4.69, 9.17) is 11.6 Å². The number of halogens is 1. The molecule has 27 heavy (non-hydrogen) atoms. The number of phenolic OH excluding ortho intramolecular Hbond substituents is 1. The number of carbonyl (C=O) groups excluding carboxylic acids is 1. The van der Waals surface area contributed by atoms with Crippen LogP contribution in [0.4, 0.5) is 5.82 Å². The molecule has 5 nitrogen and oxygen atoms in total. The summed E-state index contributed by atoms with van der Waals surface area (Å²) in [6.07, 6.45) is 1.75. The largest absolute Gasteiger partial charge is 0.508 e. The Bertz CT molecular complexity index is 1030. The van der Waals surface area contributed by atoms with Gasteiger partial charge >= 0.3 is 0 Å². The first kappa shape index (κ1) is 17.5. The van der Waals surface area contributed by atoms with Crippen LogP contribution in [0.5, 0.6) is 5.75 Å². The van der Waals surface area contributed by atoms with Crippen molar-refractivity contribution in [2.75, 3.05) is 5.32 Å². The third-order valence-electron chi connectivity index (χ3n) is 4.65. The van der Waals surface area contributed by atoms with Crippen molar-refractivity contribution in [2.24, 2.45) is 0 Å². The number of aromatic hydroxyl groups is 1. The van der Waals surface area contributed by atoms with Gasteiger partial charge in [0, 0.05) is 10.6 Å². The van der Waals surface area contributed by atoms with E-state index >= 15 is 0 Å². The number of aryl methyl sites for hydroxylation is 3. The summed E-state index contributed by atoms with van der Waals surface area (Å²) >= 11 is 5.88. The van der Waals surface area contributed by atoms with Gasteiger partial charge in [-0.1, -0.05) is 23.7 Å². The SMILES string of the molecule is Cc1nc2c(nc1NC(=O)Cc1ccc(Cl)cc1)CCc1cc(O)ccc1-2. The quantitative estimate of drug-likeness (QED) is 0.718. The highest BCUT2D eigenvalue weighted by atomic mass is 35.5. The first-order valence-corrected chi connectivity index (χ1v) is 9.11. The molecule has 0 unspecified atom stereocenters. The predicted molar refractivity (Wildman–Crippen MR) is 105 cm³/mol. The second-order valence-electron chi connectivity index (χ2n) is 6.65. The fourth-order valence-corrected chi connectivity index (χ4v) is 3.42. The Hall–Kier alpha value is -2.92. The molecule has 1 heterocycles. The van der Waals surface area contributed by atoms with E-state index < -0.39 is 0 Å². The van der Waals surface area contributed by atoms with Gasteiger partial charge in [0.2, 0.25) is 5.91 Å². The summed E-state index contributed by atoms with van der Waals surface area (Å²) < 4.78 is 0. The molecule has 6 heteroatoms. The van der Waals surface area contributed by atoms with Crippen molar-refractivity contribution in [1.29, 1.82) is 0 Å². The molecule has 1 aromatic heterocycles. The maximum Gasteiger partial charge on any atom is 0.229 e. The summed E-state index contributed by atoms with van der Waals surface area (Å²) in [6.45, 7) is 1.83. The fraction of sp³-hybridized carbons (Fsp3) is 0.190.